The number of allylic oxidation sites excluding steroid dienone is 1. The number of hydrogen-bond donors (Lipinski definition) is 1. The molecule has 0 spiro atoms. The van der Waals surface area contributed by atoms with Gasteiger partial charge in [-0.1, -0.05) is 41.6 Å². The summed E-state index contributed by atoms with van der Waals surface area (Å²) in [7, 11) is 9.95. The van der Waals surface area contributed by atoms with Gasteiger partial charge in [-0.2, -0.15) is 5.10 Å². The van der Waals surface area contributed by atoms with Gasteiger partial charge in [0.25, 0.3) is 0 Å². The van der Waals surface area contributed by atoms with Crippen LogP contribution in [-0.2, 0) is 16.7 Å². The van der Waals surface area contributed by atoms with Crippen LogP contribution in [0.2, 0.25) is 0 Å². The normalized spacial score (nSPS) is 16.8. The van der Waals surface area contributed by atoms with Crippen LogP contribution in [0.25, 0.3) is 6.08 Å². The minimum absolute atomic E-state index is 0.313. The zero-order valence-corrected chi connectivity index (χ0v) is 20.7. The number of hydrogen-bond acceptors (Lipinski definition) is 5. The fourth-order valence-corrected chi connectivity index (χ4v) is 4.91. The molecule has 0 aliphatic heterocycles. The predicted molar refractivity (Wildman–Crippen MR) is 140 cm³/mol. The van der Waals surface area contributed by atoms with E-state index in [1.165, 1.54) is 22.5 Å². The summed E-state index contributed by atoms with van der Waals surface area (Å²) in [6.07, 6.45) is 7.67. The van der Waals surface area contributed by atoms with Crippen LogP contribution in [0.5, 0.6) is 0 Å². The van der Waals surface area contributed by atoms with Crippen LogP contribution in [0.1, 0.15) is 40.9 Å². The summed E-state index contributed by atoms with van der Waals surface area (Å²) >= 11 is 0. The van der Waals surface area contributed by atoms with Crippen LogP contribution in [0.4, 0.5) is 11.4 Å². The third-order valence-corrected chi connectivity index (χ3v) is 7.02. The second-order valence-electron chi connectivity index (χ2n) is 9.77. The van der Waals surface area contributed by atoms with E-state index < -0.39 is 0 Å². The Kier molecular flexibility index (Phi) is 5.68. The van der Waals surface area contributed by atoms with Gasteiger partial charge in [0.1, 0.15) is 18.5 Å². The smallest absolute Gasteiger partial charge is 0.117 e. The standard InChI is InChI=1S/C28H33N5O/c1-32(2)22-10-6-8-20(16-22)28(21-9-7-11-23(17-21)33(3)4)15-14-24-25(18-28)29-30-27(24)26(31-34-5)19-12-13-19/h6-11,14-17,19H,12-13,18H2,1-5H3,(H,29,30)/b31-26+. The molecule has 0 amide bonds. The Balaban J connectivity index is 1.65. The molecule has 1 aromatic heterocycles. The van der Waals surface area contributed by atoms with E-state index in [1.807, 2.05) is 0 Å². The van der Waals surface area contributed by atoms with Crippen molar-refractivity contribution in [2.24, 2.45) is 11.1 Å². The van der Waals surface area contributed by atoms with E-state index in [0.717, 1.165) is 41.9 Å². The number of H-pyrrole nitrogens is 1. The third-order valence-electron chi connectivity index (χ3n) is 7.02. The van der Waals surface area contributed by atoms with Crippen LogP contribution in [-0.4, -0.2) is 51.2 Å². The number of rotatable bonds is 7. The van der Waals surface area contributed by atoms with E-state index in [-0.39, 0.29) is 5.41 Å². The van der Waals surface area contributed by atoms with Crippen molar-refractivity contribution in [2.75, 3.05) is 45.1 Å². The first kappa shape index (κ1) is 22.3. The van der Waals surface area contributed by atoms with Crippen molar-refractivity contribution in [1.29, 1.82) is 0 Å². The van der Waals surface area contributed by atoms with Crippen molar-refractivity contribution in [3.63, 3.8) is 0 Å². The van der Waals surface area contributed by atoms with Crippen LogP contribution in [0.15, 0.2) is 59.8 Å². The molecule has 0 unspecified atom stereocenters. The zero-order valence-electron chi connectivity index (χ0n) is 20.7. The molecule has 1 saturated carbocycles. The summed E-state index contributed by atoms with van der Waals surface area (Å²) in [4.78, 5) is 9.48. The summed E-state index contributed by atoms with van der Waals surface area (Å²) in [5.74, 6) is 0.445. The van der Waals surface area contributed by atoms with Crippen LogP contribution in [0.3, 0.4) is 0 Å². The first-order valence-corrected chi connectivity index (χ1v) is 11.9. The van der Waals surface area contributed by atoms with Gasteiger partial charge in [-0.05, 0) is 48.2 Å². The lowest BCUT2D eigenvalue weighted by Crippen LogP contribution is -2.31. The first-order valence-electron chi connectivity index (χ1n) is 11.9. The molecule has 176 valence electrons. The van der Waals surface area contributed by atoms with E-state index in [0.29, 0.717) is 5.92 Å². The zero-order chi connectivity index (χ0) is 23.9. The largest absolute Gasteiger partial charge is 0.399 e. The number of benzene rings is 2. The highest BCUT2D eigenvalue weighted by Gasteiger charge is 2.39. The SMILES string of the molecule is CO/N=C(/c1n[nH]c2c1C=CC(c1cccc(N(C)C)c1)(c1cccc(N(C)C)c1)C2)C1CC1. The van der Waals surface area contributed by atoms with E-state index in [9.17, 15) is 0 Å². The van der Waals surface area contributed by atoms with Gasteiger partial charge in [0, 0.05) is 68.6 Å². The number of nitrogens with one attached hydrogen (secondary N) is 1. The Morgan fingerprint density at radius 1 is 1.00 bits per heavy atom. The minimum atomic E-state index is -0.313. The second kappa shape index (κ2) is 8.67. The molecule has 6 heteroatoms. The van der Waals surface area contributed by atoms with Gasteiger partial charge in [-0.15, -0.1) is 0 Å². The van der Waals surface area contributed by atoms with Crippen LogP contribution >= 0.6 is 0 Å². The summed E-state index contributed by atoms with van der Waals surface area (Å²) in [6, 6.07) is 17.7. The second-order valence-corrected chi connectivity index (χ2v) is 9.77. The van der Waals surface area contributed by atoms with Crippen molar-refractivity contribution < 1.29 is 4.84 Å². The molecule has 1 heterocycles. The number of nitrogens with zero attached hydrogens (tertiary/aromatic N) is 4. The summed E-state index contributed by atoms with van der Waals surface area (Å²) < 4.78 is 0. The molecule has 2 aliphatic rings. The Morgan fingerprint density at radius 2 is 1.62 bits per heavy atom. The van der Waals surface area contributed by atoms with Gasteiger partial charge >= 0.3 is 0 Å². The Hall–Kier alpha value is -3.54. The third kappa shape index (κ3) is 3.87. The van der Waals surface area contributed by atoms with Gasteiger partial charge in [-0.3, -0.25) is 5.10 Å². The number of aromatic nitrogens is 2. The highest BCUT2D eigenvalue weighted by Crippen LogP contribution is 2.44. The van der Waals surface area contributed by atoms with Gasteiger partial charge in [0.15, 0.2) is 0 Å². The minimum Gasteiger partial charge on any atom is -0.399 e. The molecular weight excluding hydrogens is 422 g/mol. The van der Waals surface area contributed by atoms with Crippen molar-refractivity contribution in [3.8, 4) is 0 Å². The molecule has 0 atom stereocenters. The maximum absolute atomic E-state index is 5.17. The molecule has 0 radical (unpaired) electrons. The molecule has 0 bridgehead atoms. The average molecular weight is 456 g/mol. The molecule has 2 aliphatic carbocycles. The van der Waals surface area contributed by atoms with E-state index in [2.05, 4.69) is 109 Å². The average Bonchev–Trinajstić information content (AvgIpc) is 3.61. The fourth-order valence-electron chi connectivity index (χ4n) is 4.91. The molecule has 1 N–H and O–H groups in total. The monoisotopic (exact) mass is 455 g/mol. The van der Waals surface area contributed by atoms with E-state index >= 15 is 0 Å². The Bertz CT molecular complexity index is 1200. The fraction of sp³-hybridized carbons (Fsp3) is 0.357. The molecule has 1 fully saturated rings. The quantitative estimate of drug-likeness (QED) is 0.408. The molecule has 5 rings (SSSR count). The van der Waals surface area contributed by atoms with Crippen molar-refractivity contribution >= 4 is 23.2 Å². The highest BCUT2D eigenvalue weighted by atomic mass is 16.6. The highest BCUT2D eigenvalue weighted by molar-refractivity contribution is 6.04. The lowest BCUT2D eigenvalue weighted by molar-refractivity contribution is 0.212. The van der Waals surface area contributed by atoms with E-state index in [4.69, 9.17) is 9.94 Å². The summed E-state index contributed by atoms with van der Waals surface area (Å²) in [6.45, 7) is 0. The topological polar surface area (TPSA) is 56.8 Å². The van der Waals surface area contributed by atoms with Crippen molar-refractivity contribution in [3.05, 3.63) is 82.7 Å². The number of aromatic amines is 1. The molecule has 0 saturated heterocycles. The maximum Gasteiger partial charge on any atom is 0.117 e. The lowest BCUT2D eigenvalue weighted by atomic mass is 9.68. The maximum atomic E-state index is 5.17. The lowest BCUT2D eigenvalue weighted by Gasteiger charge is -2.35. The molecular formula is C28H33N5O. The van der Waals surface area contributed by atoms with Crippen molar-refractivity contribution in [2.45, 2.75) is 24.7 Å². The summed E-state index contributed by atoms with van der Waals surface area (Å²) in [5.41, 5.74) is 8.74. The Morgan fingerprint density at radius 3 is 2.15 bits per heavy atom. The molecule has 6 nitrogen and oxygen atoms in total. The van der Waals surface area contributed by atoms with Gasteiger partial charge in [-0.25, -0.2) is 0 Å². The molecule has 34 heavy (non-hydrogen) atoms. The number of fused-ring (bicyclic) bond motifs is 1. The van der Waals surface area contributed by atoms with Crippen molar-refractivity contribution in [1.82, 2.24) is 10.2 Å². The first-order chi connectivity index (χ1) is 16.4. The van der Waals surface area contributed by atoms with Gasteiger partial charge in [0.05, 0.1) is 0 Å². The molecule has 3 aromatic rings. The van der Waals surface area contributed by atoms with Gasteiger partial charge < -0.3 is 14.6 Å². The van der Waals surface area contributed by atoms with E-state index in [1.54, 1.807) is 7.11 Å². The molecule has 2 aromatic carbocycles. The number of oxime groups is 1. The number of anilines is 2. The summed E-state index contributed by atoms with van der Waals surface area (Å²) in [5, 5.41) is 12.4. The van der Waals surface area contributed by atoms with Crippen LogP contribution in [0, 0.1) is 5.92 Å². The Labute approximate surface area is 201 Å². The predicted octanol–water partition coefficient (Wildman–Crippen LogP) is 4.86. The van der Waals surface area contributed by atoms with Gasteiger partial charge in [0.2, 0.25) is 0 Å². The van der Waals surface area contributed by atoms with Crippen LogP contribution < -0.4 is 9.80 Å².